The number of nitrogens with zero attached hydrogens (tertiary/aromatic N) is 1. The number of ether oxygens (including phenoxy) is 1. The molecular weight excluding hydrogens is 322 g/mol. The van der Waals surface area contributed by atoms with Gasteiger partial charge in [0.2, 0.25) is 0 Å². The molecule has 2 aromatic carbocycles. The number of ketones is 1. The standard InChI is InChI=1S/C20H16ClNO2/c1-4-11-24-17-9-10-19-18(12-17)20(14(3)23)13(2)22(19)16-7-5-15(21)6-8-16/h1,5-10,12H,11H2,2-3H3. The van der Waals surface area contributed by atoms with E-state index in [1.807, 2.05) is 54.0 Å². The monoisotopic (exact) mass is 337 g/mol. The first kappa shape index (κ1) is 16.2. The summed E-state index contributed by atoms with van der Waals surface area (Å²) in [5, 5.41) is 1.52. The first-order valence-corrected chi connectivity index (χ1v) is 7.89. The first-order chi connectivity index (χ1) is 11.5. The highest BCUT2D eigenvalue weighted by Crippen LogP contribution is 2.32. The summed E-state index contributed by atoms with van der Waals surface area (Å²) in [6.07, 6.45) is 5.24. The van der Waals surface area contributed by atoms with Crippen molar-refractivity contribution in [3.8, 4) is 23.8 Å². The molecule has 1 heterocycles. The topological polar surface area (TPSA) is 31.2 Å². The van der Waals surface area contributed by atoms with Crippen molar-refractivity contribution in [3.05, 3.63) is 58.7 Å². The fraction of sp³-hybridized carbons (Fsp3) is 0.150. The molecule has 24 heavy (non-hydrogen) atoms. The van der Waals surface area contributed by atoms with Gasteiger partial charge in [-0.05, 0) is 56.3 Å². The Hall–Kier alpha value is -2.70. The molecule has 0 atom stereocenters. The molecule has 0 bridgehead atoms. The van der Waals surface area contributed by atoms with Gasteiger partial charge in [-0.15, -0.1) is 6.42 Å². The maximum Gasteiger partial charge on any atom is 0.162 e. The zero-order chi connectivity index (χ0) is 17.3. The van der Waals surface area contributed by atoms with E-state index in [2.05, 4.69) is 5.92 Å². The smallest absolute Gasteiger partial charge is 0.162 e. The molecule has 3 rings (SSSR count). The van der Waals surface area contributed by atoms with E-state index in [1.54, 1.807) is 6.92 Å². The first-order valence-electron chi connectivity index (χ1n) is 7.51. The van der Waals surface area contributed by atoms with Crippen LogP contribution in [0.15, 0.2) is 42.5 Å². The van der Waals surface area contributed by atoms with Crippen molar-refractivity contribution in [2.24, 2.45) is 0 Å². The Morgan fingerprint density at radius 1 is 1.25 bits per heavy atom. The fourth-order valence-electron chi connectivity index (χ4n) is 2.98. The lowest BCUT2D eigenvalue weighted by molar-refractivity contribution is 0.101. The van der Waals surface area contributed by atoms with Crippen LogP contribution >= 0.6 is 11.6 Å². The Bertz CT molecular complexity index is 962. The summed E-state index contributed by atoms with van der Waals surface area (Å²) >= 11 is 5.99. The van der Waals surface area contributed by atoms with Crippen LogP contribution in [-0.4, -0.2) is 17.0 Å². The van der Waals surface area contributed by atoms with Gasteiger partial charge in [0.05, 0.1) is 5.52 Å². The number of hydrogen-bond donors (Lipinski definition) is 0. The Morgan fingerprint density at radius 3 is 2.58 bits per heavy atom. The number of carbonyl (C=O) groups is 1. The van der Waals surface area contributed by atoms with Crippen molar-refractivity contribution in [1.82, 2.24) is 4.57 Å². The third-order valence-electron chi connectivity index (χ3n) is 3.93. The van der Waals surface area contributed by atoms with Gasteiger partial charge < -0.3 is 9.30 Å². The zero-order valence-electron chi connectivity index (χ0n) is 13.5. The van der Waals surface area contributed by atoms with E-state index in [4.69, 9.17) is 22.8 Å². The van der Waals surface area contributed by atoms with Gasteiger partial charge in [0.25, 0.3) is 0 Å². The summed E-state index contributed by atoms with van der Waals surface area (Å²) in [6, 6.07) is 13.2. The lowest BCUT2D eigenvalue weighted by atomic mass is 10.1. The van der Waals surface area contributed by atoms with Crippen molar-refractivity contribution in [2.75, 3.05) is 6.61 Å². The Balaban J connectivity index is 2.26. The number of carbonyl (C=O) groups excluding carboxylic acids is 1. The number of hydrogen-bond acceptors (Lipinski definition) is 2. The zero-order valence-corrected chi connectivity index (χ0v) is 14.2. The molecule has 120 valence electrons. The van der Waals surface area contributed by atoms with E-state index in [-0.39, 0.29) is 12.4 Å². The minimum atomic E-state index is 0.0133. The normalized spacial score (nSPS) is 10.6. The fourth-order valence-corrected chi connectivity index (χ4v) is 3.11. The van der Waals surface area contributed by atoms with Crippen molar-refractivity contribution in [2.45, 2.75) is 13.8 Å². The molecule has 0 amide bonds. The largest absolute Gasteiger partial charge is 0.481 e. The number of halogens is 1. The van der Waals surface area contributed by atoms with E-state index in [1.165, 1.54) is 0 Å². The highest BCUT2D eigenvalue weighted by molar-refractivity contribution is 6.30. The molecule has 1 aromatic heterocycles. The maximum atomic E-state index is 12.2. The molecule has 4 heteroatoms. The van der Waals surface area contributed by atoms with Crippen LogP contribution in [0, 0.1) is 19.3 Å². The quantitative estimate of drug-likeness (QED) is 0.505. The molecule has 3 nitrogen and oxygen atoms in total. The lowest BCUT2D eigenvalue weighted by Crippen LogP contribution is -1.99. The summed E-state index contributed by atoms with van der Waals surface area (Å²) in [7, 11) is 0. The number of terminal acetylenes is 1. The van der Waals surface area contributed by atoms with E-state index in [0.717, 1.165) is 22.3 Å². The second kappa shape index (κ2) is 6.43. The lowest BCUT2D eigenvalue weighted by Gasteiger charge is -2.09. The van der Waals surface area contributed by atoms with Crippen molar-refractivity contribution in [1.29, 1.82) is 0 Å². The summed E-state index contributed by atoms with van der Waals surface area (Å²) in [5.41, 5.74) is 3.46. The maximum absolute atomic E-state index is 12.2. The minimum absolute atomic E-state index is 0.0133. The summed E-state index contributed by atoms with van der Waals surface area (Å²) in [6.45, 7) is 3.70. The molecule has 0 fully saturated rings. The minimum Gasteiger partial charge on any atom is -0.481 e. The molecule has 0 aliphatic carbocycles. The van der Waals surface area contributed by atoms with E-state index in [9.17, 15) is 4.79 Å². The molecule has 0 aliphatic rings. The predicted molar refractivity (Wildman–Crippen MR) is 97.4 cm³/mol. The number of benzene rings is 2. The average Bonchev–Trinajstić information content (AvgIpc) is 2.85. The van der Waals surface area contributed by atoms with Crippen LogP contribution in [-0.2, 0) is 0 Å². The molecule has 0 unspecified atom stereocenters. The third-order valence-corrected chi connectivity index (χ3v) is 4.19. The van der Waals surface area contributed by atoms with Crippen molar-refractivity contribution >= 4 is 28.3 Å². The second-order valence-corrected chi connectivity index (χ2v) is 5.94. The van der Waals surface area contributed by atoms with Gasteiger partial charge in [-0.1, -0.05) is 17.5 Å². The molecule has 0 spiro atoms. The Kier molecular flexibility index (Phi) is 4.33. The number of fused-ring (bicyclic) bond motifs is 1. The summed E-state index contributed by atoms with van der Waals surface area (Å²) in [4.78, 5) is 12.2. The molecular formula is C20H16ClNO2. The van der Waals surface area contributed by atoms with Crippen LogP contribution in [0.4, 0.5) is 0 Å². The van der Waals surface area contributed by atoms with Gasteiger partial charge >= 0.3 is 0 Å². The molecule has 3 aromatic rings. The number of Topliss-reactive ketones (excluding diaryl/α,β-unsaturated/α-hetero) is 1. The highest BCUT2D eigenvalue weighted by atomic mass is 35.5. The van der Waals surface area contributed by atoms with Crippen LogP contribution in [0.3, 0.4) is 0 Å². The number of rotatable bonds is 4. The predicted octanol–water partition coefficient (Wildman–Crippen LogP) is 4.81. The molecule has 0 N–H and O–H groups in total. The van der Waals surface area contributed by atoms with Gasteiger partial charge in [-0.25, -0.2) is 0 Å². The van der Waals surface area contributed by atoms with E-state index >= 15 is 0 Å². The summed E-state index contributed by atoms with van der Waals surface area (Å²) < 4.78 is 7.54. The van der Waals surface area contributed by atoms with Crippen LogP contribution in [0.2, 0.25) is 5.02 Å². The van der Waals surface area contributed by atoms with Crippen LogP contribution in [0.1, 0.15) is 23.0 Å². The van der Waals surface area contributed by atoms with E-state index < -0.39 is 0 Å². The SMILES string of the molecule is C#CCOc1ccc2c(c1)c(C(C)=O)c(C)n2-c1ccc(Cl)cc1. The Labute approximate surface area is 145 Å². The van der Waals surface area contributed by atoms with Crippen LogP contribution < -0.4 is 4.74 Å². The number of aromatic nitrogens is 1. The van der Waals surface area contributed by atoms with Crippen LogP contribution in [0.25, 0.3) is 16.6 Å². The molecule has 0 radical (unpaired) electrons. The molecule has 0 saturated heterocycles. The van der Waals surface area contributed by atoms with Gasteiger partial charge in [-0.3, -0.25) is 4.79 Å². The van der Waals surface area contributed by atoms with Crippen molar-refractivity contribution in [3.63, 3.8) is 0 Å². The van der Waals surface area contributed by atoms with Gasteiger partial charge in [0.1, 0.15) is 12.4 Å². The summed E-state index contributed by atoms with van der Waals surface area (Å²) in [5.74, 6) is 3.10. The van der Waals surface area contributed by atoms with Gasteiger partial charge in [0.15, 0.2) is 5.78 Å². The molecule has 0 saturated carbocycles. The van der Waals surface area contributed by atoms with Crippen LogP contribution in [0.5, 0.6) is 5.75 Å². The Morgan fingerprint density at radius 2 is 1.96 bits per heavy atom. The average molecular weight is 338 g/mol. The van der Waals surface area contributed by atoms with Crippen molar-refractivity contribution < 1.29 is 9.53 Å². The highest BCUT2D eigenvalue weighted by Gasteiger charge is 2.19. The van der Waals surface area contributed by atoms with E-state index in [0.29, 0.717) is 16.3 Å². The van der Waals surface area contributed by atoms with Gasteiger partial charge in [0, 0.05) is 27.4 Å². The second-order valence-electron chi connectivity index (χ2n) is 5.50. The van der Waals surface area contributed by atoms with Gasteiger partial charge in [-0.2, -0.15) is 0 Å². The molecule has 0 aliphatic heterocycles. The third kappa shape index (κ3) is 2.77.